The minimum atomic E-state index is -4.78. The van der Waals surface area contributed by atoms with E-state index < -0.39 is 23.2 Å². The second-order valence-electron chi connectivity index (χ2n) is 6.92. The van der Waals surface area contributed by atoms with Crippen LogP contribution in [0.15, 0.2) is 24.3 Å². The van der Waals surface area contributed by atoms with Gasteiger partial charge in [0.25, 0.3) is 0 Å². The smallest absolute Gasteiger partial charge is 0.406 e. The molecule has 1 aliphatic heterocycles. The van der Waals surface area contributed by atoms with E-state index in [0.717, 1.165) is 12.1 Å². The molecule has 158 valence electrons. The third-order valence-electron chi connectivity index (χ3n) is 4.77. The molecule has 2 fully saturated rings. The average molecular weight is 416 g/mol. The van der Waals surface area contributed by atoms with E-state index in [0.29, 0.717) is 31.9 Å². The number of alkyl halides is 3. The molecule has 2 aliphatic rings. The molecule has 0 bridgehead atoms. The maximum Gasteiger partial charge on any atom is 0.573 e. The van der Waals surface area contributed by atoms with Crippen LogP contribution in [0.1, 0.15) is 6.42 Å². The lowest BCUT2D eigenvalue weighted by Gasteiger charge is -2.34. The van der Waals surface area contributed by atoms with Gasteiger partial charge >= 0.3 is 6.36 Å². The molecule has 2 amide bonds. The van der Waals surface area contributed by atoms with E-state index in [4.69, 9.17) is 0 Å². The summed E-state index contributed by atoms with van der Waals surface area (Å²) in [6, 6.07) is 4.03. The number of hydrogen-bond acceptors (Lipinski definition) is 6. The molecule has 1 aromatic rings. The van der Waals surface area contributed by atoms with Crippen molar-refractivity contribution >= 4 is 17.5 Å². The summed E-state index contributed by atoms with van der Waals surface area (Å²) in [7, 11) is 0. The molecule has 0 aromatic heterocycles. The van der Waals surface area contributed by atoms with Crippen LogP contribution >= 0.6 is 0 Å². The van der Waals surface area contributed by atoms with Gasteiger partial charge in [0.1, 0.15) is 11.7 Å². The molecule has 0 spiro atoms. The van der Waals surface area contributed by atoms with E-state index in [-0.39, 0.29) is 30.5 Å². The number of nitro groups is 1. The summed E-state index contributed by atoms with van der Waals surface area (Å²) in [5.41, 5.74) is 0.331. The van der Waals surface area contributed by atoms with Gasteiger partial charge in [0, 0.05) is 43.2 Å². The lowest BCUT2D eigenvalue weighted by atomic mass is 10.2. The van der Waals surface area contributed by atoms with Crippen molar-refractivity contribution in [1.29, 1.82) is 0 Å². The number of carbonyl (C=O) groups excluding carboxylic acids is 2. The highest BCUT2D eigenvalue weighted by atomic mass is 19.4. The van der Waals surface area contributed by atoms with Crippen LogP contribution in [-0.2, 0) is 9.59 Å². The van der Waals surface area contributed by atoms with Crippen molar-refractivity contribution < 1.29 is 32.4 Å². The van der Waals surface area contributed by atoms with Gasteiger partial charge in [0.2, 0.25) is 17.9 Å². The molecule has 12 heteroatoms. The zero-order valence-electron chi connectivity index (χ0n) is 15.2. The Bertz CT molecular complexity index is 778. The zero-order chi connectivity index (χ0) is 21.2. The molecule has 1 saturated carbocycles. The molecular weight excluding hydrogens is 397 g/mol. The van der Waals surface area contributed by atoms with Crippen LogP contribution in [0.25, 0.3) is 0 Å². The highest BCUT2D eigenvalue weighted by Gasteiger charge is 2.54. The Labute approximate surface area is 163 Å². The summed E-state index contributed by atoms with van der Waals surface area (Å²) in [5, 5.41) is 13.3. The fourth-order valence-electron chi connectivity index (χ4n) is 3.18. The Hall–Kier alpha value is -2.89. The Balaban J connectivity index is 1.41. The van der Waals surface area contributed by atoms with Gasteiger partial charge in [0.15, 0.2) is 0 Å². The number of rotatable bonds is 6. The SMILES string of the molecule is O=C(CN1CCN(C(=O)[C@@H]2C[C@H]2[N+](=O)[O-])CC1)Nc1ccc(OC(F)(F)F)cc1. The number of carbonyl (C=O) groups is 2. The molecule has 1 N–H and O–H groups in total. The minimum absolute atomic E-state index is 0.0593. The van der Waals surface area contributed by atoms with Gasteiger partial charge in [-0.25, -0.2) is 0 Å². The molecule has 1 aliphatic carbocycles. The van der Waals surface area contributed by atoms with Crippen molar-refractivity contribution in [3.05, 3.63) is 34.4 Å². The zero-order valence-corrected chi connectivity index (χ0v) is 15.2. The summed E-state index contributed by atoms with van der Waals surface area (Å²) in [6.45, 7) is 1.73. The van der Waals surface area contributed by atoms with Crippen molar-refractivity contribution in [2.75, 3.05) is 38.0 Å². The van der Waals surface area contributed by atoms with Crippen LogP contribution in [0.5, 0.6) is 5.75 Å². The first-order valence-electron chi connectivity index (χ1n) is 8.92. The van der Waals surface area contributed by atoms with Crippen LogP contribution < -0.4 is 10.1 Å². The highest BCUT2D eigenvalue weighted by molar-refractivity contribution is 5.92. The van der Waals surface area contributed by atoms with E-state index in [1.165, 1.54) is 12.1 Å². The lowest BCUT2D eigenvalue weighted by Crippen LogP contribution is -2.51. The highest BCUT2D eigenvalue weighted by Crippen LogP contribution is 2.35. The van der Waals surface area contributed by atoms with E-state index in [2.05, 4.69) is 10.1 Å². The Kier molecular flexibility index (Phi) is 5.91. The Morgan fingerprint density at radius 2 is 1.79 bits per heavy atom. The predicted molar refractivity (Wildman–Crippen MR) is 93.7 cm³/mol. The van der Waals surface area contributed by atoms with Crippen LogP contribution in [-0.4, -0.2) is 71.7 Å². The molecule has 3 rings (SSSR count). The van der Waals surface area contributed by atoms with Crippen molar-refractivity contribution in [3.63, 3.8) is 0 Å². The fraction of sp³-hybridized carbons (Fsp3) is 0.529. The van der Waals surface area contributed by atoms with E-state index in [1.54, 1.807) is 4.90 Å². The number of halogens is 3. The first-order chi connectivity index (χ1) is 13.6. The largest absolute Gasteiger partial charge is 0.573 e. The maximum absolute atomic E-state index is 12.2. The first-order valence-corrected chi connectivity index (χ1v) is 8.92. The summed E-state index contributed by atoms with van der Waals surface area (Å²) in [6.07, 6.45) is -4.50. The average Bonchev–Trinajstić information content (AvgIpc) is 3.43. The van der Waals surface area contributed by atoms with Gasteiger partial charge in [0.05, 0.1) is 6.54 Å². The first kappa shape index (κ1) is 20.8. The monoisotopic (exact) mass is 416 g/mol. The van der Waals surface area contributed by atoms with E-state index in [9.17, 15) is 32.9 Å². The number of benzene rings is 1. The molecule has 0 radical (unpaired) electrons. The second kappa shape index (κ2) is 8.23. The molecule has 1 saturated heterocycles. The summed E-state index contributed by atoms with van der Waals surface area (Å²) >= 11 is 0. The lowest BCUT2D eigenvalue weighted by molar-refractivity contribution is -0.497. The van der Waals surface area contributed by atoms with E-state index in [1.807, 2.05) is 4.90 Å². The number of piperazine rings is 1. The summed E-state index contributed by atoms with van der Waals surface area (Å²) in [5.74, 6) is -1.47. The summed E-state index contributed by atoms with van der Waals surface area (Å²) in [4.78, 5) is 38.0. The molecule has 9 nitrogen and oxygen atoms in total. The van der Waals surface area contributed by atoms with Gasteiger partial charge in [-0.15, -0.1) is 13.2 Å². The third kappa shape index (κ3) is 5.79. The maximum atomic E-state index is 12.2. The van der Waals surface area contributed by atoms with Crippen LogP contribution in [0.2, 0.25) is 0 Å². The second-order valence-corrected chi connectivity index (χ2v) is 6.92. The Morgan fingerprint density at radius 1 is 1.17 bits per heavy atom. The number of ether oxygens (including phenoxy) is 1. The van der Waals surface area contributed by atoms with Gasteiger partial charge in [-0.2, -0.15) is 0 Å². The Morgan fingerprint density at radius 3 is 2.31 bits per heavy atom. The molecule has 1 heterocycles. The molecule has 1 aromatic carbocycles. The molecule has 2 atom stereocenters. The van der Waals surface area contributed by atoms with E-state index >= 15 is 0 Å². The van der Waals surface area contributed by atoms with Gasteiger partial charge in [-0.1, -0.05) is 0 Å². The topological polar surface area (TPSA) is 105 Å². The standard InChI is InChI=1S/C17H19F3N4O5/c18-17(19,20)29-12-3-1-11(2-4-12)21-15(25)10-22-5-7-23(8-6-22)16(26)13-9-14(13)24(27)28/h1-4,13-14H,5-10H2,(H,21,25)/t13-,14-/m1/s1. The minimum Gasteiger partial charge on any atom is -0.406 e. The number of nitrogens with zero attached hydrogens (tertiary/aromatic N) is 3. The van der Waals surface area contributed by atoms with Gasteiger partial charge in [-0.05, 0) is 24.3 Å². The third-order valence-corrected chi connectivity index (χ3v) is 4.77. The summed E-state index contributed by atoms with van der Waals surface area (Å²) < 4.78 is 40.2. The number of anilines is 1. The number of hydrogen-bond donors (Lipinski definition) is 1. The molecule has 0 unspecified atom stereocenters. The van der Waals surface area contributed by atoms with Crippen LogP contribution in [0.3, 0.4) is 0 Å². The quantitative estimate of drug-likeness (QED) is 0.554. The fourth-order valence-corrected chi connectivity index (χ4v) is 3.18. The normalized spacial score (nSPS) is 22.1. The molecular formula is C17H19F3N4O5. The predicted octanol–water partition coefficient (Wildman–Crippen LogP) is 1.33. The van der Waals surface area contributed by atoms with Crippen LogP contribution in [0, 0.1) is 16.0 Å². The van der Waals surface area contributed by atoms with Crippen molar-refractivity contribution in [2.24, 2.45) is 5.92 Å². The van der Waals surface area contributed by atoms with Crippen molar-refractivity contribution in [1.82, 2.24) is 9.80 Å². The van der Waals surface area contributed by atoms with Crippen molar-refractivity contribution in [3.8, 4) is 5.75 Å². The molecule has 29 heavy (non-hydrogen) atoms. The number of amides is 2. The van der Waals surface area contributed by atoms with Gasteiger partial charge < -0.3 is 15.0 Å². The number of nitrogens with one attached hydrogen (secondary N) is 1. The van der Waals surface area contributed by atoms with Gasteiger partial charge in [-0.3, -0.25) is 24.6 Å². The van der Waals surface area contributed by atoms with Crippen LogP contribution in [0.4, 0.5) is 18.9 Å². The van der Waals surface area contributed by atoms with Crippen molar-refractivity contribution in [2.45, 2.75) is 18.8 Å².